The quantitative estimate of drug-likeness (QED) is 0.528. The summed E-state index contributed by atoms with van der Waals surface area (Å²) in [6.07, 6.45) is -0.614. The third kappa shape index (κ3) is 6.42. The first-order valence-corrected chi connectivity index (χ1v) is 4.80. The van der Waals surface area contributed by atoms with E-state index in [-0.39, 0.29) is 5.84 Å². The molecule has 82 valence electrons. The molecule has 0 atom stereocenters. The van der Waals surface area contributed by atoms with Crippen molar-refractivity contribution < 1.29 is 9.53 Å². The van der Waals surface area contributed by atoms with Gasteiger partial charge in [-0.15, -0.1) is 0 Å². The molecular formula is C9H19N3O2. The van der Waals surface area contributed by atoms with Crippen molar-refractivity contribution in [2.24, 2.45) is 10.7 Å². The number of aliphatic imine (C=N–C) groups is 1. The lowest BCUT2D eigenvalue weighted by Crippen LogP contribution is -2.27. The lowest BCUT2D eigenvalue weighted by molar-refractivity contribution is 0.139. The Hall–Kier alpha value is -1.10. The number of hydrogen-bond acceptors (Lipinski definition) is 3. The van der Waals surface area contributed by atoms with Gasteiger partial charge in [-0.05, 0) is 20.0 Å². The molecule has 0 unspecified atom stereocenters. The van der Waals surface area contributed by atoms with Crippen molar-refractivity contribution in [1.82, 2.24) is 4.90 Å². The van der Waals surface area contributed by atoms with Crippen molar-refractivity contribution in [3.8, 4) is 0 Å². The fraction of sp³-hybridized carbons (Fsp3) is 0.778. The van der Waals surface area contributed by atoms with Gasteiger partial charge in [0, 0.05) is 6.54 Å². The molecule has 0 bridgehead atoms. The average Bonchev–Trinajstić information content (AvgIpc) is 2.11. The summed E-state index contributed by atoms with van der Waals surface area (Å²) >= 11 is 0. The highest BCUT2D eigenvalue weighted by molar-refractivity contribution is 5.88. The van der Waals surface area contributed by atoms with E-state index in [1.165, 1.54) is 0 Å². The molecule has 0 saturated carbocycles. The zero-order valence-corrected chi connectivity index (χ0v) is 9.12. The van der Waals surface area contributed by atoms with Crippen LogP contribution in [0.15, 0.2) is 4.99 Å². The second-order valence-corrected chi connectivity index (χ2v) is 2.89. The van der Waals surface area contributed by atoms with Gasteiger partial charge >= 0.3 is 6.09 Å². The number of amidine groups is 1. The van der Waals surface area contributed by atoms with Crippen molar-refractivity contribution in [3.63, 3.8) is 0 Å². The van der Waals surface area contributed by atoms with Crippen LogP contribution in [0.4, 0.5) is 4.79 Å². The third-order valence-corrected chi connectivity index (χ3v) is 1.80. The van der Waals surface area contributed by atoms with Crippen LogP contribution in [0.25, 0.3) is 0 Å². The first-order valence-electron chi connectivity index (χ1n) is 4.80. The molecule has 14 heavy (non-hydrogen) atoms. The fourth-order valence-corrected chi connectivity index (χ4v) is 0.978. The van der Waals surface area contributed by atoms with Gasteiger partial charge in [-0.1, -0.05) is 13.8 Å². The summed E-state index contributed by atoms with van der Waals surface area (Å²) in [5.74, 6) is 0.220. The predicted octanol–water partition coefficient (Wildman–Crippen LogP) is 0.842. The van der Waals surface area contributed by atoms with E-state index in [0.29, 0.717) is 6.61 Å². The Morgan fingerprint density at radius 2 is 2.00 bits per heavy atom. The van der Waals surface area contributed by atoms with Crippen LogP contribution in [0, 0.1) is 0 Å². The molecule has 0 aliphatic carbocycles. The molecule has 0 aromatic carbocycles. The van der Waals surface area contributed by atoms with Gasteiger partial charge in [-0.2, -0.15) is 4.99 Å². The predicted molar refractivity (Wildman–Crippen MR) is 56.4 cm³/mol. The van der Waals surface area contributed by atoms with Crippen LogP contribution in [0.2, 0.25) is 0 Å². The number of amides is 1. The first kappa shape index (κ1) is 12.9. The van der Waals surface area contributed by atoms with Crippen molar-refractivity contribution in [3.05, 3.63) is 0 Å². The summed E-state index contributed by atoms with van der Waals surface area (Å²) in [5.41, 5.74) is 5.22. The van der Waals surface area contributed by atoms with E-state index in [1.807, 2.05) is 0 Å². The van der Waals surface area contributed by atoms with E-state index >= 15 is 0 Å². The molecule has 5 heteroatoms. The van der Waals surface area contributed by atoms with E-state index in [1.54, 1.807) is 6.92 Å². The zero-order valence-electron chi connectivity index (χ0n) is 9.12. The minimum absolute atomic E-state index is 0.220. The molecule has 1 amide bonds. The summed E-state index contributed by atoms with van der Waals surface area (Å²) < 4.78 is 4.84. The number of likely N-dealkylation sites (N-methyl/N-ethyl adjacent to an activating group) is 1. The molecule has 0 aromatic heterocycles. The summed E-state index contributed by atoms with van der Waals surface area (Å²) in [5, 5.41) is 0. The molecule has 0 rings (SSSR count). The van der Waals surface area contributed by atoms with Gasteiger partial charge in [0.2, 0.25) is 0 Å². The summed E-state index contributed by atoms with van der Waals surface area (Å²) in [6, 6.07) is 0. The molecule has 0 saturated heterocycles. The topological polar surface area (TPSA) is 67.9 Å². The Morgan fingerprint density at radius 1 is 1.43 bits per heavy atom. The third-order valence-electron chi connectivity index (χ3n) is 1.80. The lowest BCUT2D eigenvalue weighted by atomic mass is 10.5. The summed E-state index contributed by atoms with van der Waals surface area (Å²) in [6.45, 7) is 8.67. The van der Waals surface area contributed by atoms with Crippen LogP contribution in [-0.4, -0.2) is 43.1 Å². The minimum atomic E-state index is -0.614. The number of rotatable bonds is 5. The Morgan fingerprint density at radius 3 is 2.43 bits per heavy atom. The van der Waals surface area contributed by atoms with Crippen molar-refractivity contribution in [1.29, 1.82) is 0 Å². The van der Waals surface area contributed by atoms with E-state index in [0.717, 1.165) is 19.6 Å². The maximum atomic E-state index is 10.9. The fourth-order valence-electron chi connectivity index (χ4n) is 0.978. The molecule has 2 N–H and O–H groups in total. The number of ether oxygens (including phenoxy) is 1. The highest BCUT2D eigenvalue weighted by atomic mass is 16.5. The largest absolute Gasteiger partial charge is 0.447 e. The number of nitrogens with two attached hydrogens (primary N) is 1. The standard InChI is InChI=1S/C9H19N3O2/c1-4-12(5-2)6-7-14-9(13)11-8(3)10/h4-7H2,1-3H3,(H2,10,11,13). The van der Waals surface area contributed by atoms with E-state index in [4.69, 9.17) is 10.5 Å². The molecule has 0 fully saturated rings. The molecule has 0 aromatic rings. The van der Waals surface area contributed by atoms with Gasteiger partial charge in [-0.3, -0.25) is 0 Å². The normalized spacial score (nSPS) is 11.9. The van der Waals surface area contributed by atoms with Gasteiger partial charge in [0.15, 0.2) is 0 Å². The van der Waals surface area contributed by atoms with Crippen LogP contribution in [0.5, 0.6) is 0 Å². The van der Waals surface area contributed by atoms with Gasteiger partial charge < -0.3 is 15.4 Å². The minimum Gasteiger partial charge on any atom is -0.447 e. The molecule has 0 spiro atoms. The van der Waals surface area contributed by atoms with Gasteiger partial charge in [0.05, 0.1) is 0 Å². The maximum Gasteiger partial charge on any atom is 0.435 e. The maximum absolute atomic E-state index is 10.9. The SMILES string of the molecule is CCN(CC)CCOC(=O)/N=C(/C)N. The van der Waals surface area contributed by atoms with Gasteiger partial charge in [0.25, 0.3) is 0 Å². The monoisotopic (exact) mass is 201 g/mol. The van der Waals surface area contributed by atoms with Crippen LogP contribution < -0.4 is 5.73 Å². The molecule has 0 aliphatic rings. The van der Waals surface area contributed by atoms with Gasteiger partial charge in [0.1, 0.15) is 12.4 Å². The van der Waals surface area contributed by atoms with Crippen LogP contribution in [-0.2, 0) is 4.74 Å². The van der Waals surface area contributed by atoms with E-state index < -0.39 is 6.09 Å². The van der Waals surface area contributed by atoms with Crippen molar-refractivity contribution in [2.75, 3.05) is 26.2 Å². The first-order chi connectivity index (χ1) is 6.60. The lowest BCUT2D eigenvalue weighted by Gasteiger charge is -2.16. The Bertz CT molecular complexity index is 196. The molecule has 5 nitrogen and oxygen atoms in total. The van der Waals surface area contributed by atoms with Crippen LogP contribution in [0.3, 0.4) is 0 Å². The summed E-state index contributed by atoms with van der Waals surface area (Å²) in [4.78, 5) is 16.5. The number of nitrogens with zero attached hydrogens (tertiary/aromatic N) is 2. The molecule has 0 heterocycles. The second kappa shape index (κ2) is 7.32. The van der Waals surface area contributed by atoms with E-state index in [2.05, 4.69) is 23.7 Å². The number of hydrogen-bond donors (Lipinski definition) is 1. The highest BCUT2D eigenvalue weighted by Crippen LogP contribution is 1.89. The zero-order chi connectivity index (χ0) is 11.0. The Labute approximate surface area is 84.9 Å². The number of carbonyl (C=O) groups excluding carboxylic acids is 1. The molecule has 0 radical (unpaired) electrons. The van der Waals surface area contributed by atoms with Crippen LogP contribution >= 0.6 is 0 Å². The van der Waals surface area contributed by atoms with Crippen molar-refractivity contribution in [2.45, 2.75) is 20.8 Å². The average molecular weight is 201 g/mol. The Kier molecular flexibility index (Phi) is 6.74. The number of carbonyl (C=O) groups is 1. The molecular weight excluding hydrogens is 182 g/mol. The van der Waals surface area contributed by atoms with Gasteiger partial charge in [-0.25, -0.2) is 4.79 Å². The second-order valence-electron chi connectivity index (χ2n) is 2.89. The molecule has 0 aliphatic heterocycles. The smallest absolute Gasteiger partial charge is 0.435 e. The van der Waals surface area contributed by atoms with E-state index in [9.17, 15) is 4.79 Å². The summed E-state index contributed by atoms with van der Waals surface area (Å²) in [7, 11) is 0. The Balaban J connectivity index is 3.63. The van der Waals surface area contributed by atoms with Crippen molar-refractivity contribution >= 4 is 11.9 Å². The highest BCUT2D eigenvalue weighted by Gasteiger charge is 2.02. The van der Waals surface area contributed by atoms with Crippen LogP contribution in [0.1, 0.15) is 20.8 Å².